The summed E-state index contributed by atoms with van der Waals surface area (Å²) in [5, 5.41) is 17.5. The lowest BCUT2D eigenvalue weighted by Crippen LogP contribution is -2.48. The molecular formula is C26H29F3N6O4. The van der Waals surface area contributed by atoms with Crippen molar-refractivity contribution >= 4 is 29.0 Å². The molecule has 10 nitrogen and oxygen atoms in total. The van der Waals surface area contributed by atoms with Crippen LogP contribution in [0.25, 0.3) is 10.9 Å². The first-order chi connectivity index (χ1) is 18.7. The van der Waals surface area contributed by atoms with Gasteiger partial charge in [-0.05, 0) is 44.2 Å². The second-order valence-electron chi connectivity index (χ2n) is 8.97. The van der Waals surface area contributed by atoms with Crippen molar-refractivity contribution in [3.05, 3.63) is 59.4 Å². The molecule has 3 aromatic rings. The molecule has 3 heterocycles. The molecule has 2 aromatic heterocycles. The van der Waals surface area contributed by atoms with E-state index < -0.39 is 24.4 Å². The van der Waals surface area contributed by atoms with Gasteiger partial charge in [0.15, 0.2) is 6.04 Å². The minimum absolute atomic E-state index is 0.158. The fraction of sp³-hybridized carbons (Fsp3) is 0.385. The Kier molecular flexibility index (Phi) is 8.82. The Morgan fingerprint density at radius 3 is 2.72 bits per heavy atom. The SMILES string of the molecule is COCCOc1ccc2ccc(/C=N/Nc3ccc([C@@H](N(C(=O)O)[C@H]4CCNC4)C(F)(F)F)cn3)nc2c1C. The predicted octanol–water partition coefficient (Wildman–Crippen LogP) is 4.35. The number of aryl methyl sites for hydroxylation is 1. The van der Waals surface area contributed by atoms with Gasteiger partial charge in [-0.2, -0.15) is 18.3 Å². The number of methoxy groups -OCH3 is 1. The highest BCUT2D eigenvalue weighted by molar-refractivity contribution is 5.88. The Balaban J connectivity index is 1.48. The molecule has 39 heavy (non-hydrogen) atoms. The van der Waals surface area contributed by atoms with Crippen molar-refractivity contribution in [2.45, 2.75) is 31.6 Å². The van der Waals surface area contributed by atoms with Crippen molar-refractivity contribution in [2.75, 3.05) is 38.8 Å². The van der Waals surface area contributed by atoms with Gasteiger partial charge < -0.3 is 19.9 Å². The zero-order valence-electron chi connectivity index (χ0n) is 21.4. The van der Waals surface area contributed by atoms with Gasteiger partial charge in [-0.3, -0.25) is 10.3 Å². The number of hydrogen-bond donors (Lipinski definition) is 3. The average molecular weight is 547 g/mol. The number of carboxylic acid groups (broad SMARTS) is 1. The van der Waals surface area contributed by atoms with Gasteiger partial charge >= 0.3 is 12.3 Å². The van der Waals surface area contributed by atoms with E-state index in [0.717, 1.165) is 22.7 Å². The highest BCUT2D eigenvalue weighted by Crippen LogP contribution is 2.39. The number of nitrogens with one attached hydrogen (secondary N) is 2. The number of fused-ring (bicyclic) bond motifs is 1. The Hall–Kier alpha value is -3.97. The van der Waals surface area contributed by atoms with Gasteiger partial charge in [-0.25, -0.2) is 14.8 Å². The van der Waals surface area contributed by atoms with Crippen LogP contribution in [0.2, 0.25) is 0 Å². The summed E-state index contributed by atoms with van der Waals surface area (Å²) in [5.41, 5.74) is 4.55. The highest BCUT2D eigenvalue weighted by Gasteiger charge is 2.49. The smallest absolute Gasteiger partial charge is 0.413 e. The normalized spacial score (nSPS) is 16.5. The Bertz CT molecular complexity index is 1310. The van der Waals surface area contributed by atoms with E-state index in [4.69, 9.17) is 9.47 Å². The number of hydrazone groups is 1. The van der Waals surface area contributed by atoms with Crippen LogP contribution in [0.15, 0.2) is 47.7 Å². The van der Waals surface area contributed by atoms with Crippen LogP contribution in [0.1, 0.15) is 29.3 Å². The largest absolute Gasteiger partial charge is 0.491 e. The number of nitrogens with zero attached hydrogens (tertiary/aromatic N) is 4. The zero-order valence-corrected chi connectivity index (χ0v) is 21.4. The lowest BCUT2D eigenvalue weighted by molar-refractivity contribution is -0.185. The third-order valence-electron chi connectivity index (χ3n) is 6.35. The summed E-state index contributed by atoms with van der Waals surface area (Å²) in [5.74, 6) is 0.887. The summed E-state index contributed by atoms with van der Waals surface area (Å²) in [7, 11) is 1.60. The first kappa shape index (κ1) is 28.0. The van der Waals surface area contributed by atoms with Crippen LogP contribution in [0, 0.1) is 6.92 Å². The number of carbonyl (C=O) groups is 1. The van der Waals surface area contributed by atoms with Crippen molar-refractivity contribution in [1.29, 1.82) is 0 Å². The van der Waals surface area contributed by atoms with Gasteiger partial charge in [0.1, 0.15) is 18.2 Å². The second kappa shape index (κ2) is 12.3. The van der Waals surface area contributed by atoms with Crippen LogP contribution >= 0.6 is 0 Å². The number of rotatable bonds is 10. The molecule has 0 radical (unpaired) electrons. The molecule has 1 aliphatic heterocycles. The van der Waals surface area contributed by atoms with E-state index in [9.17, 15) is 23.1 Å². The molecule has 208 valence electrons. The van der Waals surface area contributed by atoms with Crippen LogP contribution in [0.4, 0.5) is 23.8 Å². The number of pyridine rings is 2. The molecule has 13 heteroatoms. The highest BCUT2D eigenvalue weighted by atomic mass is 19.4. The maximum absolute atomic E-state index is 14.0. The Morgan fingerprint density at radius 2 is 2.08 bits per heavy atom. The first-order valence-corrected chi connectivity index (χ1v) is 12.2. The molecule has 0 spiro atoms. The molecule has 1 aromatic carbocycles. The van der Waals surface area contributed by atoms with E-state index in [-0.39, 0.29) is 17.9 Å². The molecular weight excluding hydrogens is 517 g/mol. The number of aromatic nitrogens is 2. The molecule has 4 rings (SSSR count). The van der Waals surface area contributed by atoms with Crippen molar-refractivity contribution < 1.29 is 32.5 Å². The first-order valence-electron chi connectivity index (χ1n) is 12.2. The Labute approximate surface area is 222 Å². The lowest BCUT2D eigenvalue weighted by Gasteiger charge is -2.35. The van der Waals surface area contributed by atoms with Crippen LogP contribution in [-0.4, -0.2) is 77.9 Å². The summed E-state index contributed by atoms with van der Waals surface area (Å²) >= 11 is 0. The molecule has 0 bridgehead atoms. The molecule has 1 amide bonds. The zero-order chi connectivity index (χ0) is 28.0. The van der Waals surface area contributed by atoms with Crippen LogP contribution in [0.5, 0.6) is 5.75 Å². The fourth-order valence-electron chi connectivity index (χ4n) is 4.45. The van der Waals surface area contributed by atoms with Crippen molar-refractivity contribution in [3.8, 4) is 5.75 Å². The topological polar surface area (TPSA) is 121 Å². The molecule has 1 saturated heterocycles. The Morgan fingerprint density at radius 1 is 1.28 bits per heavy atom. The standard InChI is InChI=1S/C26H29F3N6O4/c1-16-21(39-12-11-38-2)7-4-17-3-6-19(33-23(16)17)14-32-34-22-8-5-18(13-31-22)24(26(27,28)29)35(25(36)37)20-9-10-30-15-20/h3-8,13-14,20,24,30H,9-12,15H2,1-2H3,(H,31,34)(H,36,37)/b32-14+/t20-,24+/m0/s1. The van der Waals surface area contributed by atoms with Crippen LogP contribution in [0.3, 0.4) is 0 Å². The average Bonchev–Trinajstić information content (AvgIpc) is 3.43. The maximum Gasteiger partial charge on any atom is 0.413 e. The van der Waals surface area contributed by atoms with Gasteiger partial charge in [-0.1, -0.05) is 12.1 Å². The van der Waals surface area contributed by atoms with Gasteiger partial charge in [0, 0.05) is 42.4 Å². The number of anilines is 1. The minimum Gasteiger partial charge on any atom is -0.491 e. The van der Waals surface area contributed by atoms with Gasteiger partial charge in [0.2, 0.25) is 0 Å². The van der Waals surface area contributed by atoms with E-state index >= 15 is 0 Å². The number of hydrogen-bond acceptors (Lipinski definition) is 8. The van der Waals surface area contributed by atoms with Crippen LogP contribution in [-0.2, 0) is 4.74 Å². The van der Waals surface area contributed by atoms with Gasteiger partial charge in [0.05, 0.1) is 24.0 Å². The fourth-order valence-corrected chi connectivity index (χ4v) is 4.45. The number of ether oxygens (including phenoxy) is 2. The summed E-state index contributed by atoms with van der Waals surface area (Å²) in [6.45, 7) is 3.39. The van der Waals surface area contributed by atoms with E-state index in [1.807, 2.05) is 25.1 Å². The third-order valence-corrected chi connectivity index (χ3v) is 6.35. The molecule has 1 aliphatic rings. The summed E-state index contributed by atoms with van der Waals surface area (Å²) in [4.78, 5) is 20.9. The lowest BCUT2D eigenvalue weighted by atomic mass is 10.0. The van der Waals surface area contributed by atoms with Crippen molar-refractivity contribution in [2.24, 2.45) is 5.10 Å². The monoisotopic (exact) mass is 546 g/mol. The van der Waals surface area contributed by atoms with Gasteiger partial charge in [-0.15, -0.1) is 0 Å². The molecule has 0 unspecified atom stereocenters. The van der Waals surface area contributed by atoms with Crippen molar-refractivity contribution in [3.63, 3.8) is 0 Å². The number of amides is 1. The van der Waals surface area contributed by atoms with E-state index in [0.29, 0.717) is 42.5 Å². The maximum atomic E-state index is 14.0. The minimum atomic E-state index is -4.82. The quantitative estimate of drug-likeness (QED) is 0.195. The second-order valence-corrected chi connectivity index (χ2v) is 8.97. The molecule has 0 aliphatic carbocycles. The molecule has 3 N–H and O–H groups in total. The number of benzene rings is 1. The number of alkyl halides is 3. The van der Waals surface area contributed by atoms with E-state index in [1.54, 1.807) is 13.2 Å². The summed E-state index contributed by atoms with van der Waals surface area (Å²) in [6.07, 6.45) is -3.68. The van der Waals surface area contributed by atoms with Crippen LogP contribution < -0.4 is 15.5 Å². The summed E-state index contributed by atoms with van der Waals surface area (Å²) in [6, 6.07) is 6.86. The van der Waals surface area contributed by atoms with E-state index in [1.165, 1.54) is 18.3 Å². The molecule has 0 saturated carbocycles. The van der Waals surface area contributed by atoms with Crippen molar-refractivity contribution in [1.82, 2.24) is 20.2 Å². The van der Waals surface area contributed by atoms with E-state index in [2.05, 4.69) is 25.8 Å². The number of halogens is 3. The third kappa shape index (κ3) is 6.73. The predicted molar refractivity (Wildman–Crippen MR) is 139 cm³/mol. The van der Waals surface area contributed by atoms with Gasteiger partial charge in [0.25, 0.3) is 0 Å². The molecule has 2 atom stereocenters. The summed E-state index contributed by atoms with van der Waals surface area (Å²) < 4.78 is 52.7. The molecule has 1 fully saturated rings.